The van der Waals surface area contributed by atoms with E-state index in [1.165, 1.54) is 0 Å². The normalized spacial score (nSPS) is 18.7. The Kier molecular flexibility index (Phi) is 3.10. The van der Waals surface area contributed by atoms with E-state index in [-0.39, 0.29) is 18.4 Å². The molecule has 1 heterocycles. The van der Waals surface area contributed by atoms with Crippen molar-refractivity contribution >= 4 is 5.91 Å². The molecule has 0 aromatic heterocycles. The number of nitrogens with two attached hydrogens (primary N) is 1. The van der Waals surface area contributed by atoms with Gasteiger partial charge >= 0.3 is 0 Å². The minimum Gasteiger partial charge on any atom is -0.493 e. The van der Waals surface area contributed by atoms with Crippen LogP contribution in [0.25, 0.3) is 0 Å². The Morgan fingerprint density at radius 1 is 1.56 bits per heavy atom. The molecule has 0 radical (unpaired) electrons. The molecule has 1 aliphatic heterocycles. The van der Waals surface area contributed by atoms with Crippen LogP contribution in [-0.2, 0) is 17.8 Å². The van der Waals surface area contributed by atoms with Gasteiger partial charge < -0.3 is 15.6 Å². The van der Waals surface area contributed by atoms with Crippen LogP contribution in [0.5, 0.6) is 5.75 Å². The molecule has 1 atom stereocenters. The summed E-state index contributed by atoms with van der Waals surface area (Å²) in [6, 6.07) is 5.62. The number of hydrogen-bond donors (Lipinski definition) is 2. The molecule has 0 bridgehead atoms. The van der Waals surface area contributed by atoms with Gasteiger partial charge in [0, 0.05) is 12.3 Å². The average molecular weight is 221 g/mol. The summed E-state index contributed by atoms with van der Waals surface area (Å²) < 4.78 is 5.55. The number of ether oxygens (including phenoxy) is 1. The van der Waals surface area contributed by atoms with E-state index < -0.39 is 0 Å². The van der Waals surface area contributed by atoms with Gasteiger partial charge in [0.15, 0.2) is 0 Å². The summed E-state index contributed by atoms with van der Waals surface area (Å²) in [4.78, 5) is 10.8. The lowest BCUT2D eigenvalue weighted by Gasteiger charge is -2.24. The second kappa shape index (κ2) is 4.53. The Hall–Kier alpha value is -1.55. The zero-order chi connectivity index (χ0) is 11.5. The first-order valence-corrected chi connectivity index (χ1v) is 5.33. The zero-order valence-corrected chi connectivity index (χ0v) is 8.98. The number of hydrogen-bond acceptors (Lipinski definition) is 3. The summed E-state index contributed by atoms with van der Waals surface area (Å²) in [5, 5.41) is 9.04. The van der Waals surface area contributed by atoms with Gasteiger partial charge in [0.2, 0.25) is 5.91 Å². The van der Waals surface area contributed by atoms with Gasteiger partial charge in [-0.05, 0) is 29.7 Å². The molecule has 0 aliphatic carbocycles. The topological polar surface area (TPSA) is 72.6 Å². The molecule has 0 fully saturated rings. The molecule has 1 aromatic carbocycles. The van der Waals surface area contributed by atoms with Crippen LogP contribution >= 0.6 is 0 Å². The van der Waals surface area contributed by atoms with Gasteiger partial charge in [-0.1, -0.05) is 6.07 Å². The fourth-order valence-electron chi connectivity index (χ4n) is 2.02. The van der Waals surface area contributed by atoms with Crippen LogP contribution in [0.3, 0.4) is 0 Å². The van der Waals surface area contributed by atoms with E-state index in [4.69, 9.17) is 15.6 Å². The van der Waals surface area contributed by atoms with E-state index in [2.05, 4.69) is 0 Å². The minimum absolute atomic E-state index is 0.0216. The average Bonchev–Trinajstić information content (AvgIpc) is 2.27. The molecule has 4 heteroatoms. The first kappa shape index (κ1) is 11.0. The van der Waals surface area contributed by atoms with Crippen LogP contribution in [0.1, 0.15) is 17.5 Å². The lowest BCUT2D eigenvalue weighted by Crippen LogP contribution is -2.26. The Bertz CT molecular complexity index is 403. The molecule has 0 saturated carbocycles. The van der Waals surface area contributed by atoms with Crippen LogP contribution in [0.2, 0.25) is 0 Å². The molecule has 1 amide bonds. The molecule has 16 heavy (non-hydrogen) atoms. The Morgan fingerprint density at radius 2 is 2.38 bits per heavy atom. The highest BCUT2D eigenvalue weighted by Gasteiger charge is 2.21. The molecular weight excluding hydrogens is 206 g/mol. The van der Waals surface area contributed by atoms with Crippen LogP contribution in [0, 0.1) is 5.92 Å². The van der Waals surface area contributed by atoms with Gasteiger partial charge in [-0.3, -0.25) is 4.79 Å². The molecule has 4 nitrogen and oxygen atoms in total. The van der Waals surface area contributed by atoms with Crippen molar-refractivity contribution < 1.29 is 14.6 Å². The predicted octanol–water partition coefficient (Wildman–Crippen LogP) is 0.605. The van der Waals surface area contributed by atoms with E-state index in [1.54, 1.807) is 0 Å². The zero-order valence-electron chi connectivity index (χ0n) is 8.98. The van der Waals surface area contributed by atoms with Gasteiger partial charge in [0.1, 0.15) is 5.75 Å². The summed E-state index contributed by atoms with van der Waals surface area (Å²) in [7, 11) is 0. The first-order chi connectivity index (χ1) is 7.69. The summed E-state index contributed by atoms with van der Waals surface area (Å²) in [5.41, 5.74) is 7.07. The molecular formula is C12H15NO3. The van der Waals surface area contributed by atoms with Crippen molar-refractivity contribution in [1.29, 1.82) is 0 Å². The summed E-state index contributed by atoms with van der Waals surface area (Å²) >= 11 is 0. The van der Waals surface area contributed by atoms with Gasteiger partial charge in [-0.15, -0.1) is 0 Å². The van der Waals surface area contributed by atoms with Crippen molar-refractivity contribution in [3.8, 4) is 5.75 Å². The van der Waals surface area contributed by atoms with E-state index in [0.717, 1.165) is 23.3 Å². The third kappa shape index (κ3) is 2.33. The van der Waals surface area contributed by atoms with Crippen molar-refractivity contribution in [1.82, 2.24) is 0 Å². The summed E-state index contributed by atoms with van der Waals surface area (Å²) in [6.07, 6.45) is 1.13. The third-order valence-corrected chi connectivity index (χ3v) is 2.78. The second-order valence-corrected chi connectivity index (χ2v) is 4.15. The van der Waals surface area contributed by atoms with Gasteiger partial charge in [0.05, 0.1) is 13.2 Å². The largest absolute Gasteiger partial charge is 0.493 e. The SMILES string of the molecule is NC(=O)CC1COc2ccc(CO)cc2C1. The molecule has 3 N–H and O–H groups in total. The van der Waals surface area contributed by atoms with E-state index in [1.807, 2.05) is 18.2 Å². The van der Waals surface area contributed by atoms with Crippen LogP contribution in [-0.4, -0.2) is 17.6 Å². The molecule has 1 aliphatic rings. The standard InChI is InChI=1S/C12H15NO3/c13-12(15)5-9-4-10-3-8(6-14)1-2-11(10)16-7-9/h1-3,9,14H,4-7H2,(H2,13,15). The number of carbonyl (C=O) groups is 1. The maximum Gasteiger partial charge on any atom is 0.217 e. The molecule has 2 rings (SSSR count). The number of benzene rings is 1. The second-order valence-electron chi connectivity index (χ2n) is 4.15. The number of primary amides is 1. The molecule has 1 aromatic rings. The molecule has 0 spiro atoms. The fraction of sp³-hybridized carbons (Fsp3) is 0.417. The van der Waals surface area contributed by atoms with E-state index >= 15 is 0 Å². The number of aliphatic hydroxyl groups excluding tert-OH is 1. The molecule has 0 saturated heterocycles. The smallest absolute Gasteiger partial charge is 0.217 e. The van der Waals surface area contributed by atoms with Crippen molar-refractivity contribution in [2.24, 2.45) is 11.7 Å². The maximum absolute atomic E-state index is 10.8. The van der Waals surface area contributed by atoms with E-state index in [9.17, 15) is 4.79 Å². The Morgan fingerprint density at radius 3 is 3.06 bits per heavy atom. The number of fused-ring (bicyclic) bond motifs is 1. The monoisotopic (exact) mass is 221 g/mol. The highest BCUT2D eigenvalue weighted by Crippen LogP contribution is 2.29. The van der Waals surface area contributed by atoms with Crippen LogP contribution < -0.4 is 10.5 Å². The third-order valence-electron chi connectivity index (χ3n) is 2.78. The highest BCUT2D eigenvalue weighted by atomic mass is 16.5. The lowest BCUT2D eigenvalue weighted by molar-refractivity contribution is -0.119. The van der Waals surface area contributed by atoms with Crippen LogP contribution in [0.15, 0.2) is 18.2 Å². The minimum atomic E-state index is -0.296. The quantitative estimate of drug-likeness (QED) is 0.785. The number of amides is 1. The Labute approximate surface area is 94.0 Å². The van der Waals surface area contributed by atoms with Crippen molar-refractivity contribution in [3.63, 3.8) is 0 Å². The van der Waals surface area contributed by atoms with E-state index in [0.29, 0.717) is 13.0 Å². The predicted molar refractivity (Wildman–Crippen MR) is 58.9 cm³/mol. The lowest BCUT2D eigenvalue weighted by atomic mass is 9.93. The first-order valence-electron chi connectivity index (χ1n) is 5.33. The summed E-state index contributed by atoms with van der Waals surface area (Å²) in [5.74, 6) is 0.701. The number of carbonyl (C=O) groups excluding carboxylic acids is 1. The molecule has 86 valence electrons. The molecule has 1 unspecified atom stereocenters. The highest BCUT2D eigenvalue weighted by molar-refractivity contribution is 5.74. The number of rotatable bonds is 3. The Balaban J connectivity index is 2.14. The summed E-state index contributed by atoms with van der Waals surface area (Å²) in [6.45, 7) is 0.558. The number of aliphatic hydroxyl groups is 1. The van der Waals surface area contributed by atoms with Crippen molar-refractivity contribution in [2.45, 2.75) is 19.4 Å². The van der Waals surface area contributed by atoms with Gasteiger partial charge in [-0.25, -0.2) is 0 Å². The maximum atomic E-state index is 10.8. The fourth-order valence-corrected chi connectivity index (χ4v) is 2.02. The van der Waals surface area contributed by atoms with Crippen molar-refractivity contribution in [3.05, 3.63) is 29.3 Å². The van der Waals surface area contributed by atoms with Gasteiger partial charge in [-0.2, -0.15) is 0 Å². The van der Waals surface area contributed by atoms with Crippen molar-refractivity contribution in [2.75, 3.05) is 6.61 Å². The van der Waals surface area contributed by atoms with Crippen LogP contribution in [0.4, 0.5) is 0 Å². The van der Waals surface area contributed by atoms with Gasteiger partial charge in [0.25, 0.3) is 0 Å².